The van der Waals surface area contributed by atoms with Gasteiger partial charge in [0.2, 0.25) is 5.95 Å². The van der Waals surface area contributed by atoms with E-state index in [1.54, 1.807) is 6.92 Å². The summed E-state index contributed by atoms with van der Waals surface area (Å²) < 4.78 is 70.2. The lowest BCUT2D eigenvalue weighted by Gasteiger charge is -2.35. The highest BCUT2D eigenvalue weighted by Gasteiger charge is 2.36. The summed E-state index contributed by atoms with van der Waals surface area (Å²) in [6.07, 6.45) is -0.998. The number of aromatic nitrogens is 2. The summed E-state index contributed by atoms with van der Waals surface area (Å²) in [6, 6.07) is 4.45. The minimum atomic E-state index is -4.97. The number of halogens is 5. The van der Waals surface area contributed by atoms with Gasteiger partial charge in [-0.15, -0.1) is 0 Å². The maximum atomic E-state index is 15.6. The van der Waals surface area contributed by atoms with E-state index in [0.717, 1.165) is 12.1 Å². The standard InChI is InChI=1S/C29H31F5N6O2/c1-17-16-40(10-7-35-17)25-13-23(31)21(18-14-36-27(37-15-18)39-8-5-28(2,42)6-9-39)12-24(25)38-26(41)20-4-3-19(30)11-22(20)29(32,33)34/h3-4,11-15,17,35,42H,5-10,16H2,1-2H3,(H,38,41)/t17-/m0/s1. The molecule has 0 bridgehead atoms. The highest BCUT2D eigenvalue weighted by atomic mass is 19.4. The zero-order valence-corrected chi connectivity index (χ0v) is 23.1. The molecule has 0 radical (unpaired) electrons. The van der Waals surface area contributed by atoms with Crippen LogP contribution >= 0.6 is 0 Å². The highest BCUT2D eigenvalue weighted by Crippen LogP contribution is 2.37. The molecule has 2 fully saturated rings. The second-order valence-corrected chi connectivity index (χ2v) is 11.0. The molecule has 5 rings (SSSR count). The molecule has 0 unspecified atom stereocenters. The van der Waals surface area contributed by atoms with Crippen LogP contribution in [0.25, 0.3) is 11.1 Å². The van der Waals surface area contributed by atoms with Crippen LogP contribution in [0.3, 0.4) is 0 Å². The summed E-state index contributed by atoms with van der Waals surface area (Å²) in [5, 5.41) is 16.0. The third kappa shape index (κ3) is 6.46. The molecule has 0 spiro atoms. The molecular weight excluding hydrogens is 559 g/mol. The van der Waals surface area contributed by atoms with Crippen LogP contribution in [0.4, 0.5) is 39.3 Å². The average Bonchev–Trinajstić information content (AvgIpc) is 2.93. The number of piperazine rings is 1. The zero-order valence-electron chi connectivity index (χ0n) is 23.1. The summed E-state index contributed by atoms with van der Waals surface area (Å²) in [6.45, 7) is 6.33. The number of carbonyl (C=O) groups is 1. The number of rotatable bonds is 5. The molecule has 2 saturated heterocycles. The lowest BCUT2D eigenvalue weighted by atomic mass is 9.94. The van der Waals surface area contributed by atoms with Crippen LogP contribution in [0, 0.1) is 11.6 Å². The first-order chi connectivity index (χ1) is 19.8. The van der Waals surface area contributed by atoms with E-state index in [-0.39, 0.29) is 23.4 Å². The topological polar surface area (TPSA) is 93.6 Å². The van der Waals surface area contributed by atoms with Crippen molar-refractivity contribution in [2.75, 3.05) is 47.8 Å². The SMILES string of the molecule is C[C@H]1CN(c2cc(F)c(-c3cnc(N4CCC(C)(O)CC4)nc3)cc2NC(=O)c2ccc(F)cc2C(F)(F)F)CCN1. The Balaban J connectivity index is 1.49. The van der Waals surface area contributed by atoms with Crippen molar-refractivity contribution in [2.45, 2.75) is 44.5 Å². The summed E-state index contributed by atoms with van der Waals surface area (Å²) in [4.78, 5) is 25.7. The van der Waals surface area contributed by atoms with Gasteiger partial charge in [0.15, 0.2) is 0 Å². The van der Waals surface area contributed by atoms with Crippen LogP contribution in [0.2, 0.25) is 0 Å². The number of hydrogen-bond donors (Lipinski definition) is 3. The average molecular weight is 591 g/mol. The minimum Gasteiger partial charge on any atom is -0.390 e. The lowest BCUT2D eigenvalue weighted by Crippen LogP contribution is -2.49. The fraction of sp³-hybridized carbons (Fsp3) is 0.414. The van der Waals surface area contributed by atoms with Gasteiger partial charge in [0.25, 0.3) is 5.91 Å². The Kier molecular flexibility index (Phi) is 8.08. The van der Waals surface area contributed by atoms with Gasteiger partial charge in [-0.05, 0) is 57.0 Å². The fourth-order valence-electron chi connectivity index (χ4n) is 5.25. The quantitative estimate of drug-likeness (QED) is 0.366. The maximum absolute atomic E-state index is 15.6. The van der Waals surface area contributed by atoms with Gasteiger partial charge >= 0.3 is 6.18 Å². The smallest absolute Gasteiger partial charge is 0.390 e. The predicted molar refractivity (Wildman–Crippen MR) is 149 cm³/mol. The number of amides is 1. The third-order valence-electron chi connectivity index (χ3n) is 7.65. The Morgan fingerprint density at radius 2 is 1.76 bits per heavy atom. The molecule has 8 nitrogen and oxygen atoms in total. The van der Waals surface area contributed by atoms with Crippen molar-refractivity contribution in [3.63, 3.8) is 0 Å². The van der Waals surface area contributed by atoms with Gasteiger partial charge in [-0.2, -0.15) is 13.2 Å². The van der Waals surface area contributed by atoms with Crippen LogP contribution in [-0.2, 0) is 6.18 Å². The number of alkyl halides is 3. The van der Waals surface area contributed by atoms with Crippen molar-refractivity contribution in [3.05, 3.63) is 65.5 Å². The number of hydrogen-bond acceptors (Lipinski definition) is 7. The number of aliphatic hydroxyl groups is 1. The van der Waals surface area contributed by atoms with Crippen LogP contribution in [0.1, 0.15) is 42.6 Å². The van der Waals surface area contributed by atoms with Gasteiger partial charge in [0.05, 0.1) is 28.1 Å². The van der Waals surface area contributed by atoms with E-state index in [0.29, 0.717) is 62.8 Å². The molecular formula is C29H31F5N6O2. The van der Waals surface area contributed by atoms with Crippen molar-refractivity contribution in [1.29, 1.82) is 0 Å². The van der Waals surface area contributed by atoms with E-state index < -0.39 is 40.4 Å². The first kappa shape index (κ1) is 29.6. The molecule has 42 heavy (non-hydrogen) atoms. The lowest BCUT2D eigenvalue weighted by molar-refractivity contribution is -0.138. The molecule has 1 atom stereocenters. The fourth-order valence-corrected chi connectivity index (χ4v) is 5.25. The minimum absolute atomic E-state index is 0.0402. The van der Waals surface area contributed by atoms with Crippen molar-refractivity contribution in [1.82, 2.24) is 15.3 Å². The molecule has 3 aromatic rings. The van der Waals surface area contributed by atoms with Crippen molar-refractivity contribution in [2.24, 2.45) is 0 Å². The van der Waals surface area contributed by atoms with E-state index in [1.165, 1.54) is 24.5 Å². The second kappa shape index (κ2) is 11.4. The van der Waals surface area contributed by atoms with Gasteiger partial charge in [0, 0.05) is 62.3 Å². The Labute approximate surface area is 239 Å². The molecule has 3 heterocycles. The number of carbonyl (C=O) groups excluding carboxylic acids is 1. The monoisotopic (exact) mass is 590 g/mol. The predicted octanol–water partition coefficient (Wildman–Crippen LogP) is 4.84. The summed E-state index contributed by atoms with van der Waals surface area (Å²) in [5.74, 6) is -2.45. The van der Waals surface area contributed by atoms with E-state index in [1.807, 2.05) is 16.7 Å². The molecule has 2 aromatic carbocycles. The van der Waals surface area contributed by atoms with Gasteiger partial charge < -0.3 is 25.5 Å². The van der Waals surface area contributed by atoms with Crippen LogP contribution in [0.15, 0.2) is 42.7 Å². The summed E-state index contributed by atoms with van der Waals surface area (Å²) in [5.41, 5.74) is -2.20. The Morgan fingerprint density at radius 3 is 2.40 bits per heavy atom. The molecule has 0 aliphatic carbocycles. The highest BCUT2D eigenvalue weighted by molar-refractivity contribution is 6.07. The Hall–Kier alpha value is -3.84. The molecule has 224 valence electrons. The largest absolute Gasteiger partial charge is 0.417 e. The Morgan fingerprint density at radius 1 is 1.07 bits per heavy atom. The number of nitrogens with zero attached hydrogens (tertiary/aromatic N) is 4. The van der Waals surface area contributed by atoms with Crippen molar-refractivity contribution < 1.29 is 31.9 Å². The first-order valence-corrected chi connectivity index (χ1v) is 13.6. The van der Waals surface area contributed by atoms with Gasteiger partial charge in [-0.1, -0.05) is 0 Å². The Bertz CT molecular complexity index is 1450. The second-order valence-electron chi connectivity index (χ2n) is 11.0. The molecule has 1 aromatic heterocycles. The number of anilines is 3. The van der Waals surface area contributed by atoms with Gasteiger partial charge in [-0.25, -0.2) is 18.7 Å². The molecule has 1 amide bonds. The summed E-state index contributed by atoms with van der Waals surface area (Å²) >= 11 is 0. The maximum Gasteiger partial charge on any atom is 0.417 e. The molecule has 0 saturated carbocycles. The number of nitrogens with one attached hydrogen (secondary N) is 2. The van der Waals surface area contributed by atoms with Gasteiger partial charge in [-0.3, -0.25) is 4.79 Å². The van der Waals surface area contributed by atoms with Crippen LogP contribution in [0.5, 0.6) is 0 Å². The number of benzene rings is 2. The third-order valence-corrected chi connectivity index (χ3v) is 7.65. The van der Waals surface area contributed by atoms with Crippen LogP contribution < -0.4 is 20.4 Å². The van der Waals surface area contributed by atoms with Crippen LogP contribution in [-0.4, -0.2) is 65.3 Å². The van der Waals surface area contributed by atoms with E-state index in [4.69, 9.17) is 0 Å². The van der Waals surface area contributed by atoms with Gasteiger partial charge in [0.1, 0.15) is 11.6 Å². The molecule has 13 heteroatoms. The normalized spacial score (nSPS) is 19.1. The molecule has 2 aliphatic heterocycles. The molecule has 3 N–H and O–H groups in total. The van der Waals surface area contributed by atoms with Crippen molar-refractivity contribution >= 4 is 23.2 Å². The van der Waals surface area contributed by atoms with E-state index >= 15 is 4.39 Å². The zero-order chi connectivity index (χ0) is 30.2. The van der Waals surface area contributed by atoms with E-state index in [2.05, 4.69) is 20.6 Å². The molecule has 2 aliphatic rings. The van der Waals surface area contributed by atoms with Crippen molar-refractivity contribution in [3.8, 4) is 11.1 Å². The van der Waals surface area contributed by atoms with E-state index in [9.17, 15) is 27.5 Å². The number of piperidine rings is 1. The summed E-state index contributed by atoms with van der Waals surface area (Å²) in [7, 11) is 0. The first-order valence-electron chi connectivity index (χ1n) is 13.6.